The summed E-state index contributed by atoms with van der Waals surface area (Å²) in [7, 11) is 0. The maximum atomic E-state index is 12.1. The number of hydrogen-bond donors (Lipinski definition) is 3. The zero-order valence-corrected chi connectivity index (χ0v) is 11.3. The van der Waals surface area contributed by atoms with Gasteiger partial charge >= 0.3 is 0 Å². The average molecular weight is 264 g/mol. The van der Waals surface area contributed by atoms with E-state index in [4.69, 9.17) is 10.6 Å². The first kappa shape index (κ1) is 13.8. The quantitative estimate of drug-likeness (QED) is 0.557. The summed E-state index contributed by atoms with van der Waals surface area (Å²) in [5.74, 6) is 5.22. The smallest absolute Gasteiger partial charge is 0.255 e. The van der Waals surface area contributed by atoms with Crippen LogP contribution in [0.1, 0.15) is 35.8 Å². The highest BCUT2D eigenvalue weighted by molar-refractivity contribution is 5.99. The van der Waals surface area contributed by atoms with Gasteiger partial charge in [0.25, 0.3) is 5.91 Å². The number of rotatable bonds is 4. The summed E-state index contributed by atoms with van der Waals surface area (Å²) >= 11 is 0. The van der Waals surface area contributed by atoms with Gasteiger partial charge in [0.2, 0.25) is 0 Å². The van der Waals surface area contributed by atoms with Crippen LogP contribution < -0.4 is 16.6 Å². The number of carbonyl (C=O) groups is 1. The topological polar surface area (TPSA) is 89.3 Å². The Morgan fingerprint density at radius 2 is 2.42 bits per heavy atom. The molecule has 104 valence electrons. The van der Waals surface area contributed by atoms with E-state index in [1.807, 2.05) is 13.8 Å². The molecular weight excluding hydrogens is 244 g/mol. The van der Waals surface area contributed by atoms with Crippen molar-refractivity contribution in [2.75, 3.05) is 18.6 Å². The number of hydrogen-bond acceptors (Lipinski definition) is 5. The Morgan fingerprint density at radius 1 is 1.63 bits per heavy atom. The molecule has 2 heterocycles. The van der Waals surface area contributed by atoms with E-state index in [0.29, 0.717) is 17.8 Å². The molecule has 1 unspecified atom stereocenters. The van der Waals surface area contributed by atoms with Crippen LogP contribution in [0.25, 0.3) is 0 Å². The summed E-state index contributed by atoms with van der Waals surface area (Å²) in [5.41, 5.74) is 4.08. The lowest BCUT2D eigenvalue weighted by Gasteiger charge is -2.23. The average Bonchev–Trinajstić information content (AvgIpc) is 2.83. The number of nitrogens with one attached hydrogen (secondary N) is 2. The van der Waals surface area contributed by atoms with Crippen LogP contribution in [-0.2, 0) is 4.74 Å². The monoisotopic (exact) mass is 264 g/mol. The number of carbonyl (C=O) groups excluding carboxylic acids is 1. The van der Waals surface area contributed by atoms with E-state index >= 15 is 0 Å². The number of hydrazine groups is 1. The Morgan fingerprint density at radius 3 is 3.05 bits per heavy atom. The van der Waals surface area contributed by atoms with Crippen molar-refractivity contribution in [1.82, 2.24) is 10.3 Å². The molecule has 1 aromatic rings. The van der Waals surface area contributed by atoms with Crippen molar-refractivity contribution in [3.8, 4) is 0 Å². The van der Waals surface area contributed by atoms with Crippen LogP contribution in [0.5, 0.6) is 0 Å². The summed E-state index contributed by atoms with van der Waals surface area (Å²) in [6.45, 7) is 5.10. The van der Waals surface area contributed by atoms with Crippen LogP contribution in [0, 0.1) is 6.92 Å². The molecule has 0 radical (unpaired) electrons. The molecule has 1 aliphatic heterocycles. The predicted octanol–water partition coefficient (Wildman–Crippen LogP) is 0.975. The molecule has 0 aliphatic carbocycles. The van der Waals surface area contributed by atoms with Gasteiger partial charge in [0.15, 0.2) is 0 Å². The van der Waals surface area contributed by atoms with E-state index in [9.17, 15) is 4.79 Å². The van der Waals surface area contributed by atoms with Gasteiger partial charge in [0.1, 0.15) is 0 Å². The maximum Gasteiger partial charge on any atom is 0.255 e. The second kappa shape index (κ2) is 5.54. The summed E-state index contributed by atoms with van der Waals surface area (Å²) < 4.78 is 5.63. The Bertz CT molecular complexity index is 470. The van der Waals surface area contributed by atoms with Gasteiger partial charge < -0.3 is 15.5 Å². The van der Waals surface area contributed by atoms with E-state index in [1.165, 1.54) is 6.20 Å². The number of anilines is 1. The third-order valence-corrected chi connectivity index (χ3v) is 3.36. The normalized spacial score (nSPS) is 22.3. The molecule has 1 saturated heterocycles. The Hall–Kier alpha value is -1.66. The minimum absolute atomic E-state index is 0.197. The number of nitrogens with zero attached hydrogens (tertiary/aromatic N) is 1. The summed E-state index contributed by atoms with van der Waals surface area (Å²) in [4.78, 5) is 16.3. The molecule has 0 spiro atoms. The zero-order chi connectivity index (χ0) is 13.9. The van der Waals surface area contributed by atoms with Gasteiger partial charge in [0.05, 0.1) is 16.9 Å². The lowest BCUT2D eigenvalue weighted by molar-refractivity contribution is 0.0206. The molecule has 1 aromatic heterocycles. The fourth-order valence-corrected chi connectivity index (χ4v) is 2.20. The lowest BCUT2D eigenvalue weighted by Crippen LogP contribution is -2.40. The molecule has 1 aliphatic rings. The molecule has 19 heavy (non-hydrogen) atoms. The Balaban J connectivity index is 2.03. The van der Waals surface area contributed by atoms with Crippen molar-refractivity contribution >= 4 is 11.6 Å². The van der Waals surface area contributed by atoms with Crippen LogP contribution >= 0.6 is 0 Å². The van der Waals surface area contributed by atoms with Crippen molar-refractivity contribution in [2.24, 2.45) is 5.84 Å². The maximum absolute atomic E-state index is 12.1. The van der Waals surface area contributed by atoms with Crippen LogP contribution in [0.4, 0.5) is 5.69 Å². The van der Waals surface area contributed by atoms with Crippen LogP contribution in [-0.4, -0.2) is 29.6 Å². The SMILES string of the molecule is Cc1cc(NN)c(C(=O)NCC2(C)CCCO2)cn1. The van der Waals surface area contributed by atoms with Crippen molar-refractivity contribution in [3.05, 3.63) is 23.5 Å². The van der Waals surface area contributed by atoms with E-state index in [1.54, 1.807) is 6.07 Å². The molecule has 0 bridgehead atoms. The number of ether oxygens (including phenoxy) is 1. The van der Waals surface area contributed by atoms with Gasteiger partial charge in [0, 0.05) is 25.0 Å². The second-order valence-electron chi connectivity index (χ2n) is 5.10. The third kappa shape index (κ3) is 3.21. The minimum atomic E-state index is -0.260. The highest BCUT2D eigenvalue weighted by Gasteiger charge is 2.30. The van der Waals surface area contributed by atoms with Crippen molar-refractivity contribution in [1.29, 1.82) is 0 Å². The zero-order valence-electron chi connectivity index (χ0n) is 11.3. The molecule has 0 aromatic carbocycles. The molecular formula is C13H20N4O2. The van der Waals surface area contributed by atoms with E-state index < -0.39 is 0 Å². The second-order valence-corrected chi connectivity index (χ2v) is 5.10. The first-order valence-corrected chi connectivity index (χ1v) is 6.39. The first-order valence-electron chi connectivity index (χ1n) is 6.39. The van der Waals surface area contributed by atoms with Crippen molar-refractivity contribution in [3.63, 3.8) is 0 Å². The van der Waals surface area contributed by atoms with Crippen molar-refractivity contribution < 1.29 is 9.53 Å². The number of nitrogens with two attached hydrogens (primary N) is 1. The molecule has 1 fully saturated rings. The highest BCUT2D eigenvalue weighted by Crippen LogP contribution is 2.24. The van der Waals surface area contributed by atoms with Crippen LogP contribution in [0.3, 0.4) is 0 Å². The van der Waals surface area contributed by atoms with Gasteiger partial charge in [-0.05, 0) is 32.8 Å². The van der Waals surface area contributed by atoms with E-state index in [-0.39, 0.29) is 11.5 Å². The van der Waals surface area contributed by atoms with Crippen molar-refractivity contribution in [2.45, 2.75) is 32.3 Å². The molecule has 6 nitrogen and oxygen atoms in total. The fraction of sp³-hybridized carbons (Fsp3) is 0.538. The molecule has 1 amide bonds. The minimum Gasteiger partial charge on any atom is -0.373 e. The first-order chi connectivity index (χ1) is 9.04. The number of aromatic nitrogens is 1. The third-order valence-electron chi connectivity index (χ3n) is 3.36. The van der Waals surface area contributed by atoms with Gasteiger partial charge in [-0.15, -0.1) is 0 Å². The molecule has 1 atom stereocenters. The predicted molar refractivity (Wildman–Crippen MR) is 72.7 cm³/mol. The summed E-state index contributed by atoms with van der Waals surface area (Å²) in [6, 6.07) is 1.74. The van der Waals surface area contributed by atoms with Crippen LogP contribution in [0.15, 0.2) is 12.3 Å². The fourth-order valence-electron chi connectivity index (χ4n) is 2.20. The Kier molecular flexibility index (Phi) is 4.01. The van der Waals surface area contributed by atoms with E-state index in [2.05, 4.69) is 15.7 Å². The van der Waals surface area contributed by atoms with Gasteiger partial charge in [-0.25, -0.2) is 0 Å². The van der Waals surface area contributed by atoms with Crippen LogP contribution in [0.2, 0.25) is 0 Å². The summed E-state index contributed by atoms with van der Waals surface area (Å²) in [6.07, 6.45) is 3.52. The molecule has 0 saturated carbocycles. The molecule has 2 rings (SSSR count). The Labute approximate surface area is 112 Å². The number of nitrogen functional groups attached to an aromatic ring is 1. The standard InChI is InChI=1S/C13H20N4O2/c1-9-6-11(17-14)10(7-15-9)12(18)16-8-13(2)4-3-5-19-13/h6-7H,3-5,8,14H2,1-2H3,(H,15,17)(H,16,18). The largest absolute Gasteiger partial charge is 0.373 e. The number of amides is 1. The molecule has 6 heteroatoms. The number of pyridine rings is 1. The highest BCUT2D eigenvalue weighted by atomic mass is 16.5. The van der Waals surface area contributed by atoms with Gasteiger partial charge in [-0.3, -0.25) is 15.6 Å². The van der Waals surface area contributed by atoms with Gasteiger partial charge in [-0.1, -0.05) is 0 Å². The summed E-state index contributed by atoms with van der Waals surface area (Å²) in [5, 5.41) is 2.88. The number of aryl methyl sites for hydroxylation is 1. The molecule has 4 N–H and O–H groups in total. The lowest BCUT2D eigenvalue weighted by atomic mass is 10.0. The van der Waals surface area contributed by atoms with Gasteiger partial charge in [-0.2, -0.15) is 0 Å². The van der Waals surface area contributed by atoms with E-state index in [0.717, 1.165) is 25.1 Å².